The van der Waals surface area contributed by atoms with Gasteiger partial charge in [-0.1, -0.05) is 30.3 Å². The summed E-state index contributed by atoms with van der Waals surface area (Å²) in [4.78, 5) is 12.3. The Morgan fingerprint density at radius 3 is 2.36 bits per heavy atom. The number of aryl methyl sites for hydroxylation is 1. The van der Waals surface area contributed by atoms with Gasteiger partial charge in [0.1, 0.15) is 5.60 Å². The highest BCUT2D eigenvalue weighted by Gasteiger charge is 2.54. The Morgan fingerprint density at radius 1 is 1.07 bits per heavy atom. The SMILES string of the molecule is Cc1cc(C(=O)OC(C)(C)C)ccc1-c1ccc([C@H]2CC23CCNCC3)cc1. The van der Waals surface area contributed by atoms with E-state index in [2.05, 4.69) is 36.5 Å². The molecular weight excluding hydrogens is 346 g/mol. The van der Waals surface area contributed by atoms with E-state index in [4.69, 9.17) is 4.74 Å². The third kappa shape index (κ3) is 3.86. The lowest BCUT2D eigenvalue weighted by Gasteiger charge is -2.23. The first kappa shape index (κ1) is 19.2. The number of carbonyl (C=O) groups is 1. The van der Waals surface area contributed by atoms with Gasteiger partial charge in [-0.15, -0.1) is 0 Å². The minimum Gasteiger partial charge on any atom is -0.456 e. The fourth-order valence-corrected chi connectivity index (χ4v) is 4.64. The number of hydrogen-bond acceptors (Lipinski definition) is 3. The van der Waals surface area contributed by atoms with Crippen molar-refractivity contribution in [1.29, 1.82) is 0 Å². The first-order valence-electron chi connectivity index (χ1n) is 10.4. The highest BCUT2D eigenvalue weighted by molar-refractivity contribution is 5.91. The Bertz CT molecular complexity index is 870. The van der Waals surface area contributed by atoms with Crippen molar-refractivity contribution in [3.8, 4) is 11.1 Å². The number of benzene rings is 2. The predicted molar refractivity (Wildman–Crippen MR) is 114 cm³/mol. The lowest BCUT2D eigenvalue weighted by atomic mass is 9.89. The number of carbonyl (C=O) groups excluding carboxylic acids is 1. The summed E-state index contributed by atoms with van der Waals surface area (Å²) in [5, 5.41) is 3.48. The average molecular weight is 378 g/mol. The second-order valence-electron chi connectivity index (χ2n) is 9.52. The van der Waals surface area contributed by atoms with Crippen molar-refractivity contribution in [2.24, 2.45) is 5.41 Å². The molecular formula is C25H31NO2. The van der Waals surface area contributed by atoms with Gasteiger partial charge in [0, 0.05) is 0 Å². The summed E-state index contributed by atoms with van der Waals surface area (Å²) in [7, 11) is 0. The molecule has 1 saturated heterocycles. The minimum absolute atomic E-state index is 0.265. The van der Waals surface area contributed by atoms with Crippen molar-refractivity contribution in [1.82, 2.24) is 5.32 Å². The molecule has 2 fully saturated rings. The Kier molecular flexibility index (Phi) is 4.83. The minimum atomic E-state index is -0.478. The van der Waals surface area contributed by atoms with Crippen molar-refractivity contribution in [2.75, 3.05) is 13.1 Å². The number of piperidine rings is 1. The molecule has 0 radical (unpaired) electrons. The zero-order valence-corrected chi connectivity index (χ0v) is 17.5. The third-order valence-corrected chi connectivity index (χ3v) is 6.27. The topological polar surface area (TPSA) is 38.3 Å². The van der Waals surface area contributed by atoms with Gasteiger partial charge in [-0.3, -0.25) is 0 Å². The summed E-state index contributed by atoms with van der Waals surface area (Å²) in [6.45, 7) is 10.1. The van der Waals surface area contributed by atoms with Crippen LogP contribution in [0.25, 0.3) is 11.1 Å². The maximum absolute atomic E-state index is 12.3. The van der Waals surface area contributed by atoms with E-state index < -0.39 is 5.60 Å². The summed E-state index contributed by atoms with van der Waals surface area (Å²) in [6, 6.07) is 14.9. The van der Waals surface area contributed by atoms with Crippen molar-refractivity contribution in [3.05, 3.63) is 59.2 Å². The van der Waals surface area contributed by atoms with Crippen molar-refractivity contribution >= 4 is 5.97 Å². The molecule has 1 aliphatic heterocycles. The van der Waals surface area contributed by atoms with Crippen LogP contribution in [-0.4, -0.2) is 24.7 Å². The van der Waals surface area contributed by atoms with Gasteiger partial charge in [-0.2, -0.15) is 0 Å². The van der Waals surface area contributed by atoms with Crippen molar-refractivity contribution in [2.45, 2.75) is 58.5 Å². The summed E-state index contributed by atoms with van der Waals surface area (Å²) in [5.41, 5.74) is 5.65. The quantitative estimate of drug-likeness (QED) is 0.720. The highest BCUT2D eigenvalue weighted by Crippen LogP contribution is 2.64. The van der Waals surface area contributed by atoms with Crippen LogP contribution in [0.4, 0.5) is 0 Å². The first-order chi connectivity index (χ1) is 13.3. The fourth-order valence-electron chi connectivity index (χ4n) is 4.64. The lowest BCUT2D eigenvalue weighted by molar-refractivity contribution is 0.00694. The van der Waals surface area contributed by atoms with E-state index in [1.807, 2.05) is 39.0 Å². The summed E-state index contributed by atoms with van der Waals surface area (Å²) in [6.07, 6.45) is 3.97. The van der Waals surface area contributed by atoms with Crippen LogP contribution in [-0.2, 0) is 4.74 Å². The van der Waals surface area contributed by atoms with Crippen molar-refractivity contribution < 1.29 is 9.53 Å². The van der Waals surface area contributed by atoms with Crippen LogP contribution >= 0.6 is 0 Å². The predicted octanol–water partition coefficient (Wildman–Crippen LogP) is 5.47. The maximum atomic E-state index is 12.3. The Morgan fingerprint density at radius 2 is 1.75 bits per heavy atom. The van der Waals surface area contributed by atoms with Crippen LogP contribution in [0.2, 0.25) is 0 Å². The van der Waals surface area contributed by atoms with Gasteiger partial charge in [0.2, 0.25) is 0 Å². The molecule has 1 spiro atoms. The second kappa shape index (κ2) is 7.04. The van der Waals surface area contributed by atoms with Gasteiger partial charge in [-0.05, 0) is 106 Å². The van der Waals surface area contributed by atoms with E-state index in [1.165, 1.54) is 36.0 Å². The summed E-state index contributed by atoms with van der Waals surface area (Å²) in [5.74, 6) is 0.470. The van der Waals surface area contributed by atoms with Crippen LogP contribution in [0.5, 0.6) is 0 Å². The molecule has 2 aliphatic rings. The van der Waals surface area contributed by atoms with Gasteiger partial charge in [-0.25, -0.2) is 4.79 Å². The smallest absolute Gasteiger partial charge is 0.338 e. The van der Waals surface area contributed by atoms with Crippen LogP contribution < -0.4 is 5.32 Å². The molecule has 3 nitrogen and oxygen atoms in total. The normalized spacial score (nSPS) is 20.8. The zero-order chi connectivity index (χ0) is 19.9. The monoisotopic (exact) mass is 377 g/mol. The highest BCUT2D eigenvalue weighted by atomic mass is 16.6. The summed E-state index contributed by atoms with van der Waals surface area (Å²) < 4.78 is 5.48. The number of hydrogen-bond donors (Lipinski definition) is 1. The third-order valence-electron chi connectivity index (χ3n) is 6.27. The fraction of sp³-hybridized carbons (Fsp3) is 0.480. The average Bonchev–Trinajstić information content (AvgIpc) is 3.34. The van der Waals surface area contributed by atoms with E-state index in [9.17, 15) is 4.79 Å². The number of nitrogens with one attached hydrogen (secondary N) is 1. The molecule has 0 unspecified atom stereocenters. The van der Waals surface area contributed by atoms with E-state index in [0.717, 1.165) is 24.6 Å². The molecule has 2 aromatic rings. The van der Waals surface area contributed by atoms with E-state index in [1.54, 1.807) is 0 Å². The van der Waals surface area contributed by atoms with Crippen LogP contribution in [0.3, 0.4) is 0 Å². The molecule has 0 amide bonds. The van der Waals surface area contributed by atoms with Gasteiger partial charge in [0.05, 0.1) is 5.56 Å². The Balaban J connectivity index is 1.49. The van der Waals surface area contributed by atoms with Gasteiger partial charge < -0.3 is 10.1 Å². The van der Waals surface area contributed by atoms with Gasteiger partial charge in [0.15, 0.2) is 0 Å². The van der Waals surface area contributed by atoms with Crippen molar-refractivity contribution in [3.63, 3.8) is 0 Å². The van der Waals surface area contributed by atoms with Gasteiger partial charge >= 0.3 is 5.97 Å². The molecule has 1 N–H and O–H groups in total. The molecule has 148 valence electrons. The number of esters is 1. The molecule has 1 heterocycles. The van der Waals surface area contributed by atoms with Gasteiger partial charge in [0.25, 0.3) is 0 Å². The molecule has 0 bridgehead atoms. The Hall–Kier alpha value is -2.13. The van der Waals surface area contributed by atoms with E-state index in [-0.39, 0.29) is 5.97 Å². The molecule has 0 aromatic heterocycles. The molecule has 2 aromatic carbocycles. The lowest BCUT2D eigenvalue weighted by Crippen LogP contribution is -2.29. The molecule has 3 heteroatoms. The van der Waals surface area contributed by atoms with Crippen LogP contribution in [0, 0.1) is 12.3 Å². The maximum Gasteiger partial charge on any atom is 0.338 e. The van der Waals surface area contributed by atoms with E-state index >= 15 is 0 Å². The van der Waals surface area contributed by atoms with E-state index in [0.29, 0.717) is 11.0 Å². The molecule has 1 aliphatic carbocycles. The standard InChI is InChI=1S/C25H31NO2/c1-17-15-20(23(27)28-24(2,3)4)9-10-21(17)18-5-7-19(8-6-18)22-16-25(22)11-13-26-14-12-25/h5-10,15,22,26H,11-14,16H2,1-4H3/t22-/m1/s1. The zero-order valence-electron chi connectivity index (χ0n) is 17.5. The second-order valence-corrected chi connectivity index (χ2v) is 9.52. The molecule has 1 atom stereocenters. The van der Waals surface area contributed by atoms with Crippen LogP contribution in [0.15, 0.2) is 42.5 Å². The Labute approximate surface area is 168 Å². The number of ether oxygens (including phenoxy) is 1. The largest absolute Gasteiger partial charge is 0.456 e. The number of rotatable bonds is 3. The van der Waals surface area contributed by atoms with Crippen LogP contribution in [0.1, 0.15) is 67.4 Å². The molecule has 4 rings (SSSR count). The summed E-state index contributed by atoms with van der Waals surface area (Å²) >= 11 is 0. The molecule has 1 saturated carbocycles. The first-order valence-corrected chi connectivity index (χ1v) is 10.4. The molecule has 28 heavy (non-hydrogen) atoms.